The van der Waals surface area contributed by atoms with Gasteiger partial charge in [0.25, 0.3) is 0 Å². The summed E-state index contributed by atoms with van der Waals surface area (Å²) in [4.78, 5) is 2.45. The second-order valence-electron chi connectivity index (χ2n) is 4.66. The van der Waals surface area contributed by atoms with Gasteiger partial charge in [0.15, 0.2) is 0 Å². The van der Waals surface area contributed by atoms with Crippen LogP contribution in [-0.4, -0.2) is 13.1 Å². The molecule has 1 aromatic carbocycles. The first-order chi connectivity index (χ1) is 8.67. The SMILES string of the molecule is CCC(CC)CN(CC)c1cccc(Br)c1CN. The molecule has 18 heavy (non-hydrogen) atoms. The number of hydrogen-bond donors (Lipinski definition) is 1. The smallest absolute Gasteiger partial charge is 0.0423 e. The molecule has 0 amide bonds. The van der Waals surface area contributed by atoms with Gasteiger partial charge in [-0.1, -0.05) is 48.7 Å². The molecule has 2 nitrogen and oxygen atoms in total. The highest BCUT2D eigenvalue weighted by Gasteiger charge is 2.14. The Bertz CT molecular complexity index is 362. The van der Waals surface area contributed by atoms with Crippen molar-refractivity contribution in [1.82, 2.24) is 0 Å². The van der Waals surface area contributed by atoms with Crippen LogP contribution in [0.4, 0.5) is 5.69 Å². The molecule has 0 fully saturated rings. The fraction of sp³-hybridized carbons (Fsp3) is 0.600. The van der Waals surface area contributed by atoms with Crippen LogP contribution in [0.15, 0.2) is 22.7 Å². The zero-order valence-electron chi connectivity index (χ0n) is 11.7. The normalized spacial score (nSPS) is 11.0. The van der Waals surface area contributed by atoms with Gasteiger partial charge in [-0.3, -0.25) is 0 Å². The fourth-order valence-corrected chi connectivity index (χ4v) is 2.82. The van der Waals surface area contributed by atoms with Gasteiger partial charge in [-0.25, -0.2) is 0 Å². The third-order valence-electron chi connectivity index (χ3n) is 3.65. The minimum atomic E-state index is 0.580. The molecule has 1 aromatic rings. The Kier molecular flexibility index (Phi) is 6.72. The average Bonchev–Trinajstić information content (AvgIpc) is 2.40. The summed E-state index contributed by atoms with van der Waals surface area (Å²) in [5, 5.41) is 0. The van der Waals surface area contributed by atoms with Crippen molar-refractivity contribution >= 4 is 21.6 Å². The number of nitrogens with two attached hydrogens (primary N) is 1. The summed E-state index contributed by atoms with van der Waals surface area (Å²) < 4.78 is 1.12. The second kappa shape index (κ2) is 7.80. The van der Waals surface area contributed by atoms with Gasteiger partial charge in [0.1, 0.15) is 0 Å². The molecule has 0 aliphatic rings. The molecular weight excluding hydrogens is 288 g/mol. The Morgan fingerprint density at radius 2 is 1.89 bits per heavy atom. The molecular formula is C15H25BrN2. The largest absolute Gasteiger partial charge is 0.371 e. The lowest BCUT2D eigenvalue weighted by Gasteiger charge is -2.29. The zero-order chi connectivity index (χ0) is 13.5. The predicted octanol–water partition coefficient (Wildman–Crippen LogP) is 4.17. The molecule has 0 saturated carbocycles. The number of hydrogen-bond acceptors (Lipinski definition) is 2. The number of anilines is 1. The van der Waals surface area contributed by atoms with E-state index in [4.69, 9.17) is 5.73 Å². The summed E-state index contributed by atoms with van der Waals surface area (Å²) in [6.07, 6.45) is 2.47. The standard InChI is InChI=1S/C15H25BrN2/c1-4-12(5-2)11-18(6-3)15-9-7-8-14(16)13(15)10-17/h7-9,12H,4-6,10-11,17H2,1-3H3. The van der Waals surface area contributed by atoms with E-state index in [1.54, 1.807) is 0 Å². The van der Waals surface area contributed by atoms with Gasteiger partial charge in [0.05, 0.1) is 0 Å². The summed E-state index contributed by atoms with van der Waals surface area (Å²) in [6.45, 7) is 9.48. The maximum Gasteiger partial charge on any atom is 0.0423 e. The molecule has 0 aliphatic carbocycles. The number of halogens is 1. The van der Waals surface area contributed by atoms with Crippen LogP contribution >= 0.6 is 15.9 Å². The highest BCUT2D eigenvalue weighted by atomic mass is 79.9. The first kappa shape index (κ1) is 15.5. The number of rotatable bonds is 7. The van der Waals surface area contributed by atoms with Gasteiger partial charge in [-0.15, -0.1) is 0 Å². The highest BCUT2D eigenvalue weighted by molar-refractivity contribution is 9.10. The molecule has 3 heteroatoms. The maximum atomic E-state index is 5.88. The molecule has 0 radical (unpaired) electrons. The van der Waals surface area contributed by atoms with Crippen molar-refractivity contribution in [1.29, 1.82) is 0 Å². The Morgan fingerprint density at radius 1 is 1.22 bits per heavy atom. The van der Waals surface area contributed by atoms with E-state index in [1.165, 1.54) is 24.1 Å². The van der Waals surface area contributed by atoms with E-state index < -0.39 is 0 Å². The monoisotopic (exact) mass is 312 g/mol. The molecule has 0 spiro atoms. The molecule has 0 atom stereocenters. The molecule has 0 bridgehead atoms. The quantitative estimate of drug-likeness (QED) is 0.818. The zero-order valence-corrected chi connectivity index (χ0v) is 13.3. The van der Waals surface area contributed by atoms with Crippen molar-refractivity contribution in [3.05, 3.63) is 28.2 Å². The van der Waals surface area contributed by atoms with Crippen LogP contribution in [0.3, 0.4) is 0 Å². The third kappa shape index (κ3) is 3.72. The van der Waals surface area contributed by atoms with Crippen LogP contribution in [0.1, 0.15) is 39.2 Å². The van der Waals surface area contributed by atoms with E-state index in [1.807, 2.05) is 0 Å². The Balaban J connectivity index is 2.97. The maximum absolute atomic E-state index is 5.88. The molecule has 0 heterocycles. The van der Waals surface area contributed by atoms with Gasteiger partial charge >= 0.3 is 0 Å². The lowest BCUT2D eigenvalue weighted by Crippen LogP contribution is -2.30. The highest BCUT2D eigenvalue weighted by Crippen LogP contribution is 2.28. The number of benzene rings is 1. The Labute approximate surface area is 120 Å². The van der Waals surface area contributed by atoms with E-state index in [9.17, 15) is 0 Å². The van der Waals surface area contributed by atoms with Gasteiger partial charge in [0.2, 0.25) is 0 Å². The third-order valence-corrected chi connectivity index (χ3v) is 4.40. The van der Waals surface area contributed by atoms with Crippen molar-refractivity contribution in [3.63, 3.8) is 0 Å². The van der Waals surface area contributed by atoms with Crippen molar-refractivity contribution in [3.8, 4) is 0 Å². The van der Waals surface area contributed by atoms with Crippen LogP contribution < -0.4 is 10.6 Å². The van der Waals surface area contributed by atoms with E-state index in [2.05, 4.69) is 59.8 Å². The molecule has 0 aliphatic heterocycles. The van der Waals surface area contributed by atoms with Crippen molar-refractivity contribution < 1.29 is 0 Å². The number of nitrogens with zero attached hydrogens (tertiary/aromatic N) is 1. The van der Waals surface area contributed by atoms with Crippen LogP contribution in [0.5, 0.6) is 0 Å². The van der Waals surface area contributed by atoms with Crippen molar-refractivity contribution in [2.24, 2.45) is 11.7 Å². The minimum Gasteiger partial charge on any atom is -0.371 e. The molecule has 0 aromatic heterocycles. The summed E-state index contributed by atoms with van der Waals surface area (Å²) in [7, 11) is 0. The predicted molar refractivity (Wildman–Crippen MR) is 84.0 cm³/mol. The summed E-state index contributed by atoms with van der Waals surface area (Å²) in [6, 6.07) is 6.34. The van der Waals surface area contributed by atoms with Crippen LogP contribution in [0.2, 0.25) is 0 Å². The topological polar surface area (TPSA) is 29.3 Å². The molecule has 102 valence electrons. The van der Waals surface area contributed by atoms with Crippen molar-refractivity contribution in [2.45, 2.75) is 40.2 Å². The average molecular weight is 313 g/mol. The van der Waals surface area contributed by atoms with Gasteiger partial charge in [-0.05, 0) is 25.0 Å². The van der Waals surface area contributed by atoms with Gasteiger partial charge < -0.3 is 10.6 Å². The second-order valence-corrected chi connectivity index (χ2v) is 5.52. The molecule has 2 N–H and O–H groups in total. The first-order valence-electron chi connectivity index (χ1n) is 6.90. The summed E-state index contributed by atoms with van der Waals surface area (Å²) in [5.74, 6) is 0.759. The van der Waals surface area contributed by atoms with Gasteiger partial charge in [-0.2, -0.15) is 0 Å². The molecule has 0 unspecified atom stereocenters. The van der Waals surface area contributed by atoms with E-state index in [0.717, 1.165) is 23.5 Å². The fourth-order valence-electron chi connectivity index (χ4n) is 2.30. The summed E-state index contributed by atoms with van der Waals surface area (Å²) in [5.41, 5.74) is 8.38. The Morgan fingerprint density at radius 3 is 2.39 bits per heavy atom. The lowest BCUT2D eigenvalue weighted by molar-refractivity contribution is 0.485. The minimum absolute atomic E-state index is 0.580. The first-order valence-corrected chi connectivity index (χ1v) is 7.69. The molecule has 0 saturated heterocycles. The van der Waals surface area contributed by atoms with Crippen LogP contribution in [-0.2, 0) is 6.54 Å². The van der Waals surface area contributed by atoms with E-state index in [0.29, 0.717) is 6.54 Å². The van der Waals surface area contributed by atoms with E-state index >= 15 is 0 Å². The van der Waals surface area contributed by atoms with Gasteiger partial charge in [0, 0.05) is 35.4 Å². The van der Waals surface area contributed by atoms with Crippen LogP contribution in [0.25, 0.3) is 0 Å². The Hall–Kier alpha value is -0.540. The lowest BCUT2D eigenvalue weighted by atomic mass is 10.0. The summed E-state index contributed by atoms with van der Waals surface area (Å²) >= 11 is 3.60. The van der Waals surface area contributed by atoms with E-state index in [-0.39, 0.29) is 0 Å². The molecule has 1 rings (SSSR count). The van der Waals surface area contributed by atoms with Crippen LogP contribution in [0, 0.1) is 5.92 Å². The van der Waals surface area contributed by atoms with Crippen molar-refractivity contribution in [2.75, 3.05) is 18.0 Å².